The number of methoxy groups -OCH3 is 1. The van der Waals surface area contributed by atoms with Crippen LogP contribution in [0.1, 0.15) is 5.56 Å². The molecule has 0 radical (unpaired) electrons. The minimum Gasteiger partial charge on any atom is -0.497 e. The molecule has 0 fully saturated rings. The van der Waals surface area contributed by atoms with Gasteiger partial charge in [-0.15, -0.1) is 0 Å². The van der Waals surface area contributed by atoms with Crippen molar-refractivity contribution >= 4 is 31.8 Å². The topological polar surface area (TPSA) is 95.3 Å². The predicted molar refractivity (Wildman–Crippen MR) is 108 cm³/mol. The summed E-state index contributed by atoms with van der Waals surface area (Å²) in [4.78, 5) is 16.7. The first kappa shape index (κ1) is 18.3. The molecule has 7 nitrogen and oxygen atoms in total. The predicted octanol–water partition coefficient (Wildman–Crippen LogP) is 2.84. The second kappa shape index (κ2) is 6.81. The number of rotatable bonds is 5. The Morgan fingerprint density at radius 1 is 0.929 bits per heavy atom. The monoisotopic (exact) mass is 397 g/mol. The van der Waals surface area contributed by atoms with E-state index in [0.29, 0.717) is 11.0 Å². The molecule has 3 aromatic carbocycles. The van der Waals surface area contributed by atoms with Gasteiger partial charge < -0.3 is 14.7 Å². The largest absolute Gasteiger partial charge is 0.497 e. The third-order valence-corrected chi connectivity index (χ3v) is 6.51. The zero-order valence-corrected chi connectivity index (χ0v) is 16.2. The van der Waals surface area contributed by atoms with Gasteiger partial charge in [0.2, 0.25) is 10.0 Å². The van der Waals surface area contributed by atoms with Crippen molar-refractivity contribution in [2.75, 3.05) is 14.2 Å². The highest BCUT2D eigenvalue weighted by molar-refractivity contribution is 7.89. The van der Waals surface area contributed by atoms with E-state index < -0.39 is 10.0 Å². The third kappa shape index (κ3) is 3.28. The van der Waals surface area contributed by atoms with Gasteiger partial charge in [-0.3, -0.25) is 0 Å². The van der Waals surface area contributed by atoms with Gasteiger partial charge in [0.25, 0.3) is 0 Å². The number of H-pyrrole nitrogens is 2. The van der Waals surface area contributed by atoms with Gasteiger partial charge in [0.1, 0.15) is 5.75 Å². The van der Waals surface area contributed by atoms with Crippen LogP contribution >= 0.6 is 0 Å². The highest BCUT2D eigenvalue weighted by Crippen LogP contribution is 2.24. The van der Waals surface area contributed by atoms with Gasteiger partial charge >= 0.3 is 5.69 Å². The third-order valence-electron chi connectivity index (χ3n) is 4.71. The van der Waals surface area contributed by atoms with Gasteiger partial charge in [0.05, 0.1) is 23.0 Å². The number of aromatic amines is 2. The first-order valence-corrected chi connectivity index (χ1v) is 10.1. The van der Waals surface area contributed by atoms with Crippen molar-refractivity contribution in [2.24, 2.45) is 0 Å². The fraction of sp³-hybridized carbons (Fsp3) is 0.150. The molecule has 0 bridgehead atoms. The number of hydrogen-bond donors (Lipinski definition) is 2. The van der Waals surface area contributed by atoms with Crippen LogP contribution in [0.3, 0.4) is 0 Å². The minimum absolute atomic E-state index is 0.128. The van der Waals surface area contributed by atoms with Crippen LogP contribution in [-0.4, -0.2) is 36.8 Å². The molecule has 0 spiro atoms. The molecule has 144 valence electrons. The lowest BCUT2D eigenvalue weighted by atomic mass is 10.1. The van der Waals surface area contributed by atoms with Gasteiger partial charge in [-0.2, -0.15) is 4.31 Å². The molecule has 0 saturated heterocycles. The molecule has 0 unspecified atom stereocenters. The fourth-order valence-electron chi connectivity index (χ4n) is 3.19. The van der Waals surface area contributed by atoms with Gasteiger partial charge in [-0.25, -0.2) is 13.2 Å². The first-order valence-electron chi connectivity index (χ1n) is 8.62. The molecule has 1 aromatic heterocycles. The number of imidazole rings is 1. The second-order valence-electron chi connectivity index (χ2n) is 6.60. The summed E-state index contributed by atoms with van der Waals surface area (Å²) in [6.07, 6.45) is 0. The summed E-state index contributed by atoms with van der Waals surface area (Å²) < 4.78 is 32.4. The summed E-state index contributed by atoms with van der Waals surface area (Å²) in [5, 5.41) is 2.03. The molecule has 0 atom stereocenters. The molecular formula is C20H19N3O4S. The number of fused-ring (bicyclic) bond motifs is 2. The van der Waals surface area contributed by atoms with Crippen molar-refractivity contribution < 1.29 is 13.2 Å². The first-order chi connectivity index (χ1) is 13.4. The van der Waals surface area contributed by atoms with Crippen LogP contribution in [0, 0.1) is 0 Å². The zero-order valence-electron chi connectivity index (χ0n) is 15.4. The van der Waals surface area contributed by atoms with E-state index in [1.165, 1.54) is 23.5 Å². The Labute approximate surface area is 161 Å². The quantitative estimate of drug-likeness (QED) is 0.541. The van der Waals surface area contributed by atoms with E-state index >= 15 is 0 Å². The molecule has 0 aliphatic rings. The summed E-state index contributed by atoms with van der Waals surface area (Å²) in [7, 11) is -0.546. The molecule has 4 aromatic rings. The van der Waals surface area contributed by atoms with E-state index in [1.807, 2.05) is 36.4 Å². The Bertz CT molecular complexity index is 1340. The number of sulfonamides is 1. The van der Waals surface area contributed by atoms with Crippen molar-refractivity contribution in [3.8, 4) is 5.75 Å². The SMILES string of the molecule is COc1ccc2cc(CN(C)S(=O)(=O)c3ccc4[nH]c(=O)[nH]c4c3)ccc2c1. The van der Waals surface area contributed by atoms with Crippen LogP contribution in [0.15, 0.2) is 64.3 Å². The maximum atomic E-state index is 12.9. The minimum atomic E-state index is -3.71. The number of nitrogens with zero attached hydrogens (tertiary/aromatic N) is 1. The summed E-state index contributed by atoms with van der Waals surface area (Å²) in [6, 6.07) is 16.1. The molecule has 0 saturated carbocycles. The number of ether oxygens (including phenoxy) is 1. The molecule has 0 aliphatic heterocycles. The van der Waals surface area contributed by atoms with E-state index in [-0.39, 0.29) is 17.1 Å². The normalized spacial score (nSPS) is 12.1. The van der Waals surface area contributed by atoms with Crippen molar-refractivity contribution in [3.05, 3.63) is 70.6 Å². The van der Waals surface area contributed by atoms with Gasteiger partial charge in [0, 0.05) is 13.6 Å². The molecule has 0 amide bonds. The fourth-order valence-corrected chi connectivity index (χ4v) is 4.38. The molecular weight excluding hydrogens is 378 g/mol. The van der Waals surface area contributed by atoms with E-state index in [4.69, 9.17) is 4.74 Å². The standard InChI is InChI=1S/C20H19N3O4S/c1-23(12-13-3-4-15-10-16(27-2)6-5-14(15)9-13)28(25,26)17-7-8-18-19(11-17)22-20(24)21-18/h3-11H,12H2,1-2H3,(H2,21,22,24). The van der Waals surface area contributed by atoms with Crippen LogP contribution in [0.25, 0.3) is 21.8 Å². The summed E-state index contributed by atoms with van der Waals surface area (Å²) in [5.74, 6) is 0.776. The average Bonchev–Trinajstić information content (AvgIpc) is 3.06. The van der Waals surface area contributed by atoms with Crippen molar-refractivity contribution in [3.63, 3.8) is 0 Å². The lowest BCUT2D eigenvalue weighted by molar-refractivity contribution is 0.415. The van der Waals surface area contributed by atoms with Crippen molar-refractivity contribution in [2.45, 2.75) is 11.4 Å². The van der Waals surface area contributed by atoms with Gasteiger partial charge in [0.15, 0.2) is 0 Å². The molecule has 0 aliphatic carbocycles. The average molecular weight is 397 g/mol. The summed E-state index contributed by atoms with van der Waals surface area (Å²) >= 11 is 0. The Morgan fingerprint density at radius 2 is 1.64 bits per heavy atom. The lowest BCUT2D eigenvalue weighted by Gasteiger charge is -2.18. The summed E-state index contributed by atoms with van der Waals surface area (Å²) in [5.41, 5.74) is 1.53. The van der Waals surface area contributed by atoms with Crippen molar-refractivity contribution in [1.82, 2.24) is 14.3 Å². The van der Waals surface area contributed by atoms with Gasteiger partial charge in [-0.05, 0) is 52.7 Å². The Kier molecular flexibility index (Phi) is 4.44. The molecule has 28 heavy (non-hydrogen) atoms. The van der Waals surface area contributed by atoms with Crippen molar-refractivity contribution in [1.29, 1.82) is 0 Å². The Hall–Kier alpha value is -3.10. The molecule has 8 heteroatoms. The highest BCUT2D eigenvalue weighted by atomic mass is 32.2. The van der Waals surface area contributed by atoms with E-state index in [1.54, 1.807) is 13.2 Å². The van der Waals surface area contributed by atoms with Crippen LogP contribution in [0.2, 0.25) is 0 Å². The van der Waals surface area contributed by atoms with Crippen LogP contribution < -0.4 is 10.4 Å². The smallest absolute Gasteiger partial charge is 0.323 e. The van der Waals surface area contributed by atoms with Crippen LogP contribution in [-0.2, 0) is 16.6 Å². The number of aromatic nitrogens is 2. The van der Waals surface area contributed by atoms with E-state index in [9.17, 15) is 13.2 Å². The number of nitrogens with one attached hydrogen (secondary N) is 2. The van der Waals surface area contributed by atoms with E-state index in [0.717, 1.165) is 22.1 Å². The van der Waals surface area contributed by atoms with E-state index in [2.05, 4.69) is 9.97 Å². The Morgan fingerprint density at radius 3 is 2.43 bits per heavy atom. The van der Waals surface area contributed by atoms with Crippen LogP contribution in [0.5, 0.6) is 5.75 Å². The molecule has 2 N–H and O–H groups in total. The number of hydrogen-bond acceptors (Lipinski definition) is 4. The van der Waals surface area contributed by atoms with Gasteiger partial charge in [-0.1, -0.05) is 18.2 Å². The molecule has 1 heterocycles. The maximum Gasteiger partial charge on any atom is 0.323 e. The lowest BCUT2D eigenvalue weighted by Crippen LogP contribution is -2.26. The van der Waals surface area contributed by atoms with Crippen LogP contribution in [0.4, 0.5) is 0 Å². The highest BCUT2D eigenvalue weighted by Gasteiger charge is 2.21. The maximum absolute atomic E-state index is 12.9. The Balaban J connectivity index is 1.63. The molecule has 4 rings (SSSR count). The zero-order chi connectivity index (χ0) is 19.9. The number of benzene rings is 3. The second-order valence-corrected chi connectivity index (χ2v) is 8.64. The summed E-state index contributed by atoms with van der Waals surface area (Å²) in [6.45, 7) is 0.228.